The minimum absolute atomic E-state index is 0.312. The molecular weight excluding hydrogens is 342 g/mol. The summed E-state index contributed by atoms with van der Waals surface area (Å²) in [6.45, 7) is 0.180. The van der Waals surface area contributed by atoms with Gasteiger partial charge in [0.05, 0.1) is 12.7 Å². The van der Waals surface area contributed by atoms with Crippen LogP contribution in [0, 0.1) is 0 Å². The van der Waals surface area contributed by atoms with E-state index in [2.05, 4.69) is 5.32 Å². The first kappa shape index (κ1) is 18.5. The van der Waals surface area contributed by atoms with Crippen molar-refractivity contribution < 1.29 is 19.1 Å². The largest absolute Gasteiger partial charge is 0.496 e. The summed E-state index contributed by atoms with van der Waals surface area (Å²) in [5.41, 5.74) is 1.54. The van der Waals surface area contributed by atoms with Gasteiger partial charge in [0.25, 0.3) is 5.91 Å². The first-order chi connectivity index (χ1) is 13.2. The van der Waals surface area contributed by atoms with Crippen LogP contribution < -0.4 is 10.1 Å². The summed E-state index contributed by atoms with van der Waals surface area (Å²) in [6.07, 6.45) is 0.726. The molecule has 0 aliphatic rings. The van der Waals surface area contributed by atoms with Crippen molar-refractivity contribution in [1.29, 1.82) is 0 Å². The Morgan fingerprint density at radius 1 is 0.889 bits per heavy atom. The summed E-state index contributed by atoms with van der Waals surface area (Å²) in [6, 6.07) is 20.7. The van der Waals surface area contributed by atoms with Gasteiger partial charge >= 0.3 is 5.97 Å². The maximum absolute atomic E-state index is 12.4. The molecule has 0 unspecified atom stereocenters. The lowest BCUT2D eigenvalue weighted by Crippen LogP contribution is -2.30. The number of carbonyl (C=O) groups is 2. The normalized spacial score (nSPS) is 10.4. The van der Waals surface area contributed by atoms with E-state index in [1.54, 1.807) is 19.2 Å². The van der Waals surface area contributed by atoms with Gasteiger partial charge in [-0.25, -0.2) is 4.79 Å². The van der Waals surface area contributed by atoms with Gasteiger partial charge in [0.2, 0.25) is 0 Å². The van der Waals surface area contributed by atoms with Crippen LogP contribution in [-0.4, -0.2) is 32.1 Å². The number of nitrogens with one attached hydrogen (secondary N) is 1. The molecule has 0 radical (unpaired) electrons. The van der Waals surface area contributed by atoms with Gasteiger partial charge < -0.3 is 14.8 Å². The van der Waals surface area contributed by atoms with E-state index < -0.39 is 5.97 Å². The van der Waals surface area contributed by atoms with Gasteiger partial charge in [0, 0.05) is 11.9 Å². The zero-order valence-electron chi connectivity index (χ0n) is 15.1. The molecule has 138 valence electrons. The van der Waals surface area contributed by atoms with Gasteiger partial charge in [-0.3, -0.25) is 4.79 Å². The molecule has 3 aromatic carbocycles. The van der Waals surface area contributed by atoms with Crippen molar-refractivity contribution >= 4 is 22.6 Å². The maximum Gasteiger partial charge on any atom is 0.339 e. The van der Waals surface area contributed by atoms with Crippen molar-refractivity contribution in [3.8, 4) is 5.75 Å². The summed E-state index contributed by atoms with van der Waals surface area (Å²) < 4.78 is 10.5. The van der Waals surface area contributed by atoms with Crippen molar-refractivity contribution in [3.63, 3.8) is 0 Å². The second-order valence-electron chi connectivity index (χ2n) is 6.02. The minimum Gasteiger partial charge on any atom is -0.496 e. The van der Waals surface area contributed by atoms with Crippen LogP contribution in [0.1, 0.15) is 15.9 Å². The molecule has 0 spiro atoms. The van der Waals surface area contributed by atoms with Crippen molar-refractivity contribution in [3.05, 3.63) is 77.9 Å². The summed E-state index contributed by atoms with van der Waals surface area (Å²) in [7, 11) is 1.58. The number of amides is 1. The molecule has 27 heavy (non-hydrogen) atoms. The van der Waals surface area contributed by atoms with Crippen molar-refractivity contribution in [2.75, 3.05) is 20.3 Å². The van der Waals surface area contributed by atoms with Gasteiger partial charge in [-0.15, -0.1) is 0 Å². The SMILES string of the molecule is COc1ccc(C(=O)OCC(=O)NCCc2ccccc2)c2ccccc12. The van der Waals surface area contributed by atoms with Crippen LogP contribution in [0.4, 0.5) is 0 Å². The molecule has 3 aromatic rings. The molecule has 0 heterocycles. The highest BCUT2D eigenvalue weighted by Gasteiger charge is 2.15. The number of benzene rings is 3. The lowest BCUT2D eigenvalue weighted by atomic mass is 10.0. The molecule has 3 rings (SSSR count). The van der Waals surface area contributed by atoms with Gasteiger partial charge in [0.1, 0.15) is 5.75 Å². The number of fused-ring (bicyclic) bond motifs is 1. The van der Waals surface area contributed by atoms with Gasteiger partial charge in [0.15, 0.2) is 6.61 Å². The van der Waals surface area contributed by atoms with Crippen LogP contribution >= 0.6 is 0 Å². The summed E-state index contributed by atoms with van der Waals surface area (Å²) in [5, 5.41) is 4.31. The first-order valence-electron chi connectivity index (χ1n) is 8.72. The van der Waals surface area contributed by atoms with Gasteiger partial charge in [-0.05, 0) is 29.5 Å². The molecule has 1 amide bonds. The highest BCUT2D eigenvalue weighted by Crippen LogP contribution is 2.28. The Kier molecular flexibility index (Phi) is 6.05. The van der Waals surface area contributed by atoms with E-state index in [0.29, 0.717) is 17.9 Å². The molecule has 5 heteroatoms. The maximum atomic E-state index is 12.4. The highest BCUT2D eigenvalue weighted by molar-refractivity contribution is 6.06. The van der Waals surface area contributed by atoms with Crippen LogP contribution in [0.25, 0.3) is 10.8 Å². The Hall–Kier alpha value is -3.34. The zero-order chi connectivity index (χ0) is 19.1. The van der Waals surface area contributed by atoms with Crippen LogP contribution in [0.15, 0.2) is 66.7 Å². The van der Waals surface area contributed by atoms with Crippen LogP contribution in [0.2, 0.25) is 0 Å². The summed E-state index contributed by atoms with van der Waals surface area (Å²) >= 11 is 0. The second kappa shape index (κ2) is 8.85. The predicted octanol–water partition coefficient (Wildman–Crippen LogP) is 3.36. The molecule has 5 nitrogen and oxygen atoms in total. The molecule has 0 saturated carbocycles. The number of rotatable bonds is 7. The average molecular weight is 363 g/mol. The monoisotopic (exact) mass is 363 g/mol. The van der Waals surface area contributed by atoms with Crippen molar-refractivity contribution in [2.45, 2.75) is 6.42 Å². The number of hydrogen-bond acceptors (Lipinski definition) is 4. The third-order valence-electron chi connectivity index (χ3n) is 4.24. The third-order valence-corrected chi connectivity index (χ3v) is 4.24. The Morgan fingerprint density at radius 3 is 2.33 bits per heavy atom. The fraction of sp³-hybridized carbons (Fsp3) is 0.182. The lowest BCUT2D eigenvalue weighted by Gasteiger charge is -2.10. The standard InChI is InChI=1S/C22H21NO4/c1-26-20-12-11-19(17-9-5-6-10-18(17)20)22(25)27-15-21(24)23-14-13-16-7-3-2-4-8-16/h2-12H,13-15H2,1H3,(H,23,24). The minimum atomic E-state index is -0.535. The quantitative estimate of drug-likeness (QED) is 0.654. The Morgan fingerprint density at radius 2 is 1.59 bits per heavy atom. The predicted molar refractivity (Wildman–Crippen MR) is 104 cm³/mol. The average Bonchev–Trinajstić information content (AvgIpc) is 2.72. The topological polar surface area (TPSA) is 64.6 Å². The van der Waals surface area contributed by atoms with Gasteiger partial charge in [-0.2, -0.15) is 0 Å². The Bertz CT molecular complexity index is 937. The van der Waals surface area contributed by atoms with E-state index in [1.807, 2.05) is 54.6 Å². The summed E-state index contributed by atoms with van der Waals surface area (Å²) in [4.78, 5) is 24.3. The van der Waals surface area contributed by atoms with Crippen LogP contribution in [-0.2, 0) is 16.0 Å². The molecule has 0 fully saturated rings. The van der Waals surface area contributed by atoms with Crippen molar-refractivity contribution in [2.24, 2.45) is 0 Å². The number of methoxy groups -OCH3 is 1. The number of hydrogen-bond donors (Lipinski definition) is 1. The second-order valence-corrected chi connectivity index (χ2v) is 6.02. The molecule has 0 aliphatic carbocycles. The Balaban J connectivity index is 1.56. The highest BCUT2D eigenvalue weighted by atomic mass is 16.5. The van der Waals surface area contributed by atoms with Crippen LogP contribution in [0.5, 0.6) is 5.75 Å². The Labute approximate surface area is 157 Å². The van der Waals surface area contributed by atoms with E-state index >= 15 is 0 Å². The lowest BCUT2D eigenvalue weighted by molar-refractivity contribution is -0.124. The summed E-state index contributed by atoms with van der Waals surface area (Å²) in [5.74, 6) is -0.176. The number of carbonyl (C=O) groups excluding carboxylic acids is 2. The molecule has 0 bridgehead atoms. The fourth-order valence-electron chi connectivity index (χ4n) is 2.88. The van der Waals surface area contributed by atoms with Crippen LogP contribution in [0.3, 0.4) is 0 Å². The van der Waals surface area contributed by atoms with E-state index in [-0.39, 0.29) is 12.5 Å². The molecule has 0 saturated heterocycles. The van der Waals surface area contributed by atoms with E-state index in [1.165, 1.54) is 0 Å². The molecule has 0 aromatic heterocycles. The third kappa shape index (κ3) is 4.64. The van der Waals surface area contributed by atoms with E-state index in [9.17, 15) is 9.59 Å². The number of ether oxygens (including phenoxy) is 2. The fourth-order valence-corrected chi connectivity index (χ4v) is 2.88. The molecule has 0 atom stereocenters. The number of esters is 1. The van der Waals surface area contributed by atoms with Gasteiger partial charge in [-0.1, -0.05) is 54.6 Å². The van der Waals surface area contributed by atoms with E-state index in [0.717, 1.165) is 22.8 Å². The smallest absolute Gasteiger partial charge is 0.339 e. The van der Waals surface area contributed by atoms with E-state index in [4.69, 9.17) is 9.47 Å². The van der Waals surface area contributed by atoms with Crippen molar-refractivity contribution in [1.82, 2.24) is 5.32 Å². The zero-order valence-corrected chi connectivity index (χ0v) is 15.1. The molecule has 0 aliphatic heterocycles. The first-order valence-corrected chi connectivity index (χ1v) is 8.72. The molecular formula is C22H21NO4. The molecule has 1 N–H and O–H groups in total.